The lowest BCUT2D eigenvalue weighted by atomic mass is 10.1. The number of nitrogens with two attached hydrogens (primary N) is 1. The van der Waals surface area contributed by atoms with Crippen molar-refractivity contribution in [2.45, 2.75) is 19.5 Å². The van der Waals surface area contributed by atoms with Crippen LogP contribution in [-0.2, 0) is 11.3 Å². The minimum absolute atomic E-state index is 0.141. The Morgan fingerprint density at radius 1 is 1.26 bits per heavy atom. The van der Waals surface area contributed by atoms with Crippen molar-refractivity contribution in [1.82, 2.24) is 5.32 Å². The van der Waals surface area contributed by atoms with Gasteiger partial charge in [-0.1, -0.05) is 29.8 Å². The van der Waals surface area contributed by atoms with Gasteiger partial charge in [-0.2, -0.15) is 0 Å². The van der Waals surface area contributed by atoms with Gasteiger partial charge in [0.25, 0.3) is 5.91 Å². The number of benzene rings is 2. The fourth-order valence-corrected chi connectivity index (χ4v) is 2.39. The molecule has 0 aliphatic rings. The molecule has 2 rings (SSSR count). The summed E-state index contributed by atoms with van der Waals surface area (Å²) in [4.78, 5) is 11.9. The zero-order valence-electron chi connectivity index (χ0n) is 12.7. The number of halogens is 3. The largest absolute Gasteiger partial charge is 0.347 e. The third-order valence-corrected chi connectivity index (χ3v) is 3.91. The molecule has 3 N–H and O–H groups in total. The molecule has 2 aromatic rings. The van der Waals surface area contributed by atoms with E-state index in [-0.39, 0.29) is 18.5 Å². The summed E-state index contributed by atoms with van der Waals surface area (Å²) in [5.74, 6) is -1.40. The first-order valence-corrected chi connectivity index (χ1v) is 7.63. The lowest BCUT2D eigenvalue weighted by Gasteiger charge is -2.12. The molecule has 3 nitrogen and oxygen atoms in total. The van der Waals surface area contributed by atoms with Crippen molar-refractivity contribution >= 4 is 17.5 Å². The third-order valence-electron chi connectivity index (χ3n) is 3.54. The molecule has 0 aliphatic carbocycles. The van der Waals surface area contributed by atoms with E-state index in [2.05, 4.69) is 5.32 Å². The van der Waals surface area contributed by atoms with E-state index in [0.29, 0.717) is 17.1 Å². The molecule has 0 saturated heterocycles. The molecule has 0 spiro atoms. The van der Waals surface area contributed by atoms with Crippen LogP contribution in [0, 0.1) is 11.6 Å². The zero-order chi connectivity index (χ0) is 16.8. The second kappa shape index (κ2) is 8.04. The maximum absolute atomic E-state index is 13.7. The molecule has 23 heavy (non-hydrogen) atoms. The van der Waals surface area contributed by atoms with Crippen LogP contribution >= 0.6 is 11.6 Å². The normalized spacial score (nSPS) is 12.0. The number of carbonyl (C=O) groups is 1. The van der Waals surface area contributed by atoms with Gasteiger partial charge in [-0.25, -0.2) is 8.78 Å². The SMILES string of the molecule is C[C@H]([NH2+]CC(=O)NCc1ccccc1Cl)c1ccc(F)cc1F. The molecule has 0 saturated carbocycles. The van der Waals surface area contributed by atoms with Crippen LogP contribution in [0.25, 0.3) is 0 Å². The molecule has 0 aliphatic heterocycles. The van der Waals surface area contributed by atoms with Crippen molar-refractivity contribution in [1.29, 1.82) is 0 Å². The molecule has 0 bridgehead atoms. The Balaban J connectivity index is 1.83. The van der Waals surface area contributed by atoms with Crippen LogP contribution in [0.2, 0.25) is 5.02 Å². The molecular weight excluding hydrogens is 322 g/mol. The van der Waals surface area contributed by atoms with Gasteiger partial charge >= 0.3 is 0 Å². The van der Waals surface area contributed by atoms with Crippen LogP contribution < -0.4 is 10.6 Å². The van der Waals surface area contributed by atoms with E-state index in [9.17, 15) is 13.6 Å². The smallest absolute Gasteiger partial charge is 0.275 e. The van der Waals surface area contributed by atoms with Gasteiger partial charge in [0.1, 0.15) is 17.7 Å². The number of nitrogens with one attached hydrogen (secondary N) is 1. The molecule has 122 valence electrons. The van der Waals surface area contributed by atoms with Gasteiger partial charge in [-0.15, -0.1) is 0 Å². The first-order valence-electron chi connectivity index (χ1n) is 7.25. The number of amides is 1. The van der Waals surface area contributed by atoms with Crippen molar-refractivity contribution in [2.24, 2.45) is 0 Å². The van der Waals surface area contributed by atoms with Crippen molar-refractivity contribution in [3.05, 3.63) is 70.2 Å². The highest BCUT2D eigenvalue weighted by Gasteiger charge is 2.16. The summed E-state index contributed by atoms with van der Waals surface area (Å²) in [5, 5.41) is 5.05. The average Bonchev–Trinajstić information content (AvgIpc) is 2.52. The van der Waals surface area contributed by atoms with Crippen LogP contribution in [0.3, 0.4) is 0 Å². The summed E-state index contributed by atoms with van der Waals surface area (Å²) < 4.78 is 26.6. The predicted molar refractivity (Wildman–Crippen MR) is 84.9 cm³/mol. The van der Waals surface area contributed by atoms with E-state index < -0.39 is 11.6 Å². The van der Waals surface area contributed by atoms with Crippen molar-refractivity contribution in [2.75, 3.05) is 6.54 Å². The molecule has 1 amide bonds. The molecule has 0 aromatic heterocycles. The minimum Gasteiger partial charge on any atom is -0.347 e. The zero-order valence-corrected chi connectivity index (χ0v) is 13.4. The Morgan fingerprint density at radius 3 is 2.70 bits per heavy atom. The van der Waals surface area contributed by atoms with E-state index in [0.717, 1.165) is 11.6 Å². The minimum atomic E-state index is -0.615. The van der Waals surface area contributed by atoms with Gasteiger partial charge in [0.15, 0.2) is 6.54 Å². The molecule has 0 heterocycles. The third kappa shape index (κ3) is 5.01. The van der Waals surface area contributed by atoms with E-state index in [1.165, 1.54) is 12.1 Å². The number of quaternary nitrogens is 1. The van der Waals surface area contributed by atoms with Gasteiger partial charge < -0.3 is 10.6 Å². The summed E-state index contributed by atoms with van der Waals surface area (Å²) >= 11 is 6.01. The first kappa shape index (κ1) is 17.4. The van der Waals surface area contributed by atoms with E-state index in [4.69, 9.17) is 11.6 Å². The van der Waals surface area contributed by atoms with E-state index in [1.54, 1.807) is 18.3 Å². The Labute approximate surface area is 138 Å². The Bertz CT molecular complexity index is 694. The maximum atomic E-state index is 13.7. The molecule has 0 fully saturated rings. The maximum Gasteiger partial charge on any atom is 0.275 e. The molecule has 6 heteroatoms. The quantitative estimate of drug-likeness (QED) is 0.834. The number of hydrogen-bond acceptors (Lipinski definition) is 1. The van der Waals surface area contributed by atoms with Crippen LogP contribution in [0.1, 0.15) is 24.1 Å². The highest BCUT2D eigenvalue weighted by molar-refractivity contribution is 6.31. The van der Waals surface area contributed by atoms with Crippen molar-refractivity contribution < 1.29 is 18.9 Å². The number of hydrogen-bond donors (Lipinski definition) is 2. The molecule has 1 atom stereocenters. The fraction of sp³-hybridized carbons (Fsp3) is 0.235. The fourth-order valence-electron chi connectivity index (χ4n) is 2.19. The Hall–Kier alpha value is -1.98. The molecule has 0 radical (unpaired) electrons. The average molecular weight is 340 g/mol. The summed E-state index contributed by atoms with van der Waals surface area (Å²) in [6, 6.07) is 10.4. The monoisotopic (exact) mass is 339 g/mol. The molecule has 2 aromatic carbocycles. The van der Waals surface area contributed by atoms with Gasteiger partial charge in [0, 0.05) is 23.2 Å². The highest BCUT2D eigenvalue weighted by atomic mass is 35.5. The van der Waals surface area contributed by atoms with Crippen LogP contribution in [-0.4, -0.2) is 12.5 Å². The second-order valence-corrected chi connectivity index (χ2v) is 5.67. The first-order chi connectivity index (χ1) is 11.0. The lowest BCUT2D eigenvalue weighted by molar-refractivity contribution is -0.682. The van der Waals surface area contributed by atoms with Crippen molar-refractivity contribution in [3.8, 4) is 0 Å². The van der Waals surface area contributed by atoms with Gasteiger partial charge in [-0.3, -0.25) is 4.79 Å². The summed E-state index contributed by atoms with van der Waals surface area (Å²) in [7, 11) is 0. The topological polar surface area (TPSA) is 45.7 Å². The Morgan fingerprint density at radius 2 is 2.00 bits per heavy atom. The van der Waals surface area contributed by atoms with E-state index in [1.807, 2.05) is 18.2 Å². The van der Waals surface area contributed by atoms with Crippen molar-refractivity contribution in [3.63, 3.8) is 0 Å². The van der Waals surface area contributed by atoms with E-state index >= 15 is 0 Å². The van der Waals surface area contributed by atoms with Crippen LogP contribution in [0.15, 0.2) is 42.5 Å². The lowest BCUT2D eigenvalue weighted by Crippen LogP contribution is -2.87. The second-order valence-electron chi connectivity index (χ2n) is 5.26. The molecule has 0 unspecified atom stereocenters. The summed E-state index contributed by atoms with van der Waals surface area (Å²) in [6.45, 7) is 2.24. The Kier molecular flexibility index (Phi) is 6.07. The van der Waals surface area contributed by atoms with Gasteiger partial charge in [0.2, 0.25) is 0 Å². The summed E-state index contributed by atoms with van der Waals surface area (Å²) in [5.41, 5.74) is 1.20. The summed E-state index contributed by atoms with van der Waals surface area (Å²) in [6.07, 6.45) is 0. The highest BCUT2D eigenvalue weighted by Crippen LogP contribution is 2.15. The molecular formula is C17H18ClF2N2O+. The number of rotatable bonds is 6. The van der Waals surface area contributed by atoms with Crippen LogP contribution in [0.4, 0.5) is 8.78 Å². The van der Waals surface area contributed by atoms with Gasteiger partial charge in [0.05, 0.1) is 0 Å². The van der Waals surface area contributed by atoms with Crippen LogP contribution in [0.5, 0.6) is 0 Å². The standard InChI is InChI=1S/C17H17ClF2N2O/c1-11(14-7-6-13(19)8-16(14)20)21-10-17(23)22-9-12-4-2-3-5-15(12)18/h2-8,11,21H,9-10H2,1H3,(H,22,23)/p+1/t11-/m0/s1. The van der Waals surface area contributed by atoms with Gasteiger partial charge in [-0.05, 0) is 30.7 Å². The predicted octanol–water partition coefficient (Wildman–Crippen LogP) is 2.56. The number of carbonyl (C=O) groups excluding carboxylic acids is 1.